The van der Waals surface area contributed by atoms with Gasteiger partial charge >= 0.3 is 0 Å². The Balaban J connectivity index is 2.47. The van der Waals surface area contributed by atoms with Crippen LogP contribution in [0.2, 0.25) is 0 Å². The average molecular weight is 345 g/mol. The van der Waals surface area contributed by atoms with Gasteiger partial charge in [-0.2, -0.15) is 0 Å². The highest BCUT2D eigenvalue weighted by molar-refractivity contribution is 9.10. The SMILES string of the molecule is COc1ccc(C(=O)c2ccc(F)c(F)c2Br)cc1F. The number of hydrogen-bond donors (Lipinski definition) is 0. The van der Waals surface area contributed by atoms with Gasteiger partial charge in [0, 0.05) is 11.1 Å². The fraction of sp³-hybridized carbons (Fsp3) is 0.0714. The molecule has 0 amide bonds. The zero-order valence-corrected chi connectivity index (χ0v) is 11.8. The van der Waals surface area contributed by atoms with Crippen molar-refractivity contribution in [2.24, 2.45) is 0 Å². The Morgan fingerprint density at radius 3 is 2.40 bits per heavy atom. The van der Waals surface area contributed by atoms with Gasteiger partial charge in [-0.3, -0.25) is 4.79 Å². The summed E-state index contributed by atoms with van der Waals surface area (Å²) in [4.78, 5) is 12.2. The Bertz CT molecular complexity index is 686. The Labute approximate surface area is 121 Å². The number of carbonyl (C=O) groups is 1. The number of benzene rings is 2. The van der Waals surface area contributed by atoms with E-state index in [0.717, 1.165) is 18.2 Å². The third-order valence-corrected chi connectivity index (χ3v) is 3.47. The first-order chi connectivity index (χ1) is 9.45. The fourth-order valence-corrected chi connectivity index (χ4v) is 2.17. The second kappa shape index (κ2) is 5.66. The molecule has 0 atom stereocenters. The Morgan fingerprint density at radius 1 is 1.10 bits per heavy atom. The Hall–Kier alpha value is -1.82. The number of halogens is 4. The molecule has 0 aliphatic heterocycles. The monoisotopic (exact) mass is 344 g/mol. The van der Waals surface area contributed by atoms with Crippen LogP contribution < -0.4 is 4.74 Å². The maximum absolute atomic E-state index is 13.5. The molecular formula is C14H8BrF3O2. The van der Waals surface area contributed by atoms with Gasteiger partial charge in [0.15, 0.2) is 29.0 Å². The van der Waals surface area contributed by atoms with E-state index in [2.05, 4.69) is 15.9 Å². The predicted molar refractivity (Wildman–Crippen MR) is 70.4 cm³/mol. The average Bonchev–Trinajstić information content (AvgIpc) is 2.44. The van der Waals surface area contributed by atoms with Gasteiger partial charge in [0.25, 0.3) is 0 Å². The Morgan fingerprint density at radius 2 is 1.80 bits per heavy atom. The summed E-state index contributed by atoms with van der Waals surface area (Å²) >= 11 is 2.82. The fourth-order valence-electron chi connectivity index (χ4n) is 1.66. The number of methoxy groups -OCH3 is 1. The van der Waals surface area contributed by atoms with E-state index in [1.165, 1.54) is 19.2 Å². The summed E-state index contributed by atoms with van der Waals surface area (Å²) in [7, 11) is 1.30. The van der Waals surface area contributed by atoms with Crippen LogP contribution >= 0.6 is 15.9 Å². The lowest BCUT2D eigenvalue weighted by Crippen LogP contribution is -2.05. The second-order valence-electron chi connectivity index (χ2n) is 3.90. The summed E-state index contributed by atoms with van der Waals surface area (Å²) in [5.41, 5.74) is -0.0801. The third-order valence-electron chi connectivity index (χ3n) is 2.69. The first kappa shape index (κ1) is 14.6. The molecule has 0 heterocycles. The minimum atomic E-state index is -1.16. The van der Waals surface area contributed by atoms with E-state index in [-0.39, 0.29) is 21.3 Å². The lowest BCUT2D eigenvalue weighted by Gasteiger charge is -2.07. The molecule has 104 valence electrons. The minimum absolute atomic E-state index is 0.00842. The van der Waals surface area contributed by atoms with E-state index in [1.54, 1.807) is 0 Å². The third kappa shape index (κ3) is 2.56. The van der Waals surface area contributed by atoms with Gasteiger partial charge < -0.3 is 4.74 Å². The quantitative estimate of drug-likeness (QED) is 0.618. The van der Waals surface area contributed by atoms with Gasteiger partial charge in [-0.15, -0.1) is 0 Å². The molecule has 2 nitrogen and oxygen atoms in total. The molecule has 0 radical (unpaired) electrons. The van der Waals surface area contributed by atoms with Crippen LogP contribution in [0.15, 0.2) is 34.8 Å². The summed E-state index contributed by atoms with van der Waals surface area (Å²) in [6.45, 7) is 0. The lowest BCUT2D eigenvalue weighted by molar-refractivity contribution is 0.103. The standard InChI is InChI=1S/C14H8BrF3O2/c1-20-11-5-2-7(6-10(11)17)14(19)8-3-4-9(16)13(18)12(8)15/h2-6H,1H3. The molecule has 0 spiro atoms. The van der Waals surface area contributed by atoms with E-state index in [4.69, 9.17) is 4.74 Å². The molecule has 2 aromatic carbocycles. The molecular weight excluding hydrogens is 337 g/mol. The van der Waals surface area contributed by atoms with Crippen LogP contribution in [-0.4, -0.2) is 12.9 Å². The molecule has 0 unspecified atom stereocenters. The zero-order valence-electron chi connectivity index (χ0n) is 10.2. The van der Waals surface area contributed by atoms with Crippen molar-refractivity contribution in [1.82, 2.24) is 0 Å². The maximum atomic E-state index is 13.5. The largest absolute Gasteiger partial charge is 0.494 e. The first-order valence-electron chi connectivity index (χ1n) is 5.47. The van der Waals surface area contributed by atoms with E-state index in [0.29, 0.717) is 0 Å². The molecule has 0 aromatic heterocycles. The second-order valence-corrected chi connectivity index (χ2v) is 4.69. The smallest absolute Gasteiger partial charge is 0.194 e. The highest BCUT2D eigenvalue weighted by Crippen LogP contribution is 2.26. The predicted octanol–water partition coefficient (Wildman–Crippen LogP) is 4.11. The van der Waals surface area contributed by atoms with Gasteiger partial charge in [0.2, 0.25) is 0 Å². The van der Waals surface area contributed by atoms with Gasteiger partial charge in [-0.1, -0.05) is 0 Å². The summed E-state index contributed by atoms with van der Waals surface area (Å²) in [6.07, 6.45) is 0. The van der Waals surface area contributed by atoms with Gasteiger partial charge in [0.1, 0.15) is 0 Å². The maximum Gasteiger partial charge on any atom is 0.194 e. The summed E-state index contributed by atoms with van der Waals surface area (Å²) in [5.74, 6) is -3.58. The van der Waals surface area contributed by atoms with Crippen LogP contribution in [0.1, 0.15) is 15.9 Å². The molecule has 0 aliphatic carbocycles. The summed E-state index contributed by atoms with van der Waals surface area (Å²) < 4.78 is 44.4. The molecule has 0 bridgehead atoms. The zero-order chi connectivity index (χ0) is 14.9. The molecule has 6 heteroatoms. The summed E-state index contributed by atoms with van der Waals surface area (Å²) in [5, 5.41) is 0. The van der Waals surface area contributed by atoms with Crippen molar-refractivity contribution in [3.8, 4) is 5.75 Å². The normalized spacial score (nSPS) is 10.4. The van der Waals surface area contributed by atoms with Gasteiger partial charge in [-0.25, -0.2) is 13.2 Å². The van der Waals surface area contributed by atoms with Crippen LogP contribution in [0.25, 0.3) is 0 Å². The van der Waals surface area contributed by atoms with Crippen LogP contribution in [-0.2, 0) is 0 Å². The lowest BCUT2D eigenvalue weighted by atomic mass is 10.0. The van der Waals surface area contributed by atoms with Crippen LogP contribution in [0.5, 0.6) is 5.75 Å². The molecule has 0 N–H and O–H groups in total. The summed E-state index contributed by atoms with van der Waals surface area (Å²) in [6, 6.07) is 5.59. The van der Waals surface area contributed by atoms with Crippen LogP contribution in [0.4, 0.5) is 13.2 Å². The molecule has 2 aromatic rings. The first-order valence-corrected chi connectivity index (χ1v) is 6.26. The van der Waals surface area contributed by atoms with Crippen molar-refractivity contribution in [2.45, 2.75) is 0 Å². The topological polar surface area (TPSA) is 26.3 Å². The van der Waals surface area contributed by atoms with E-state index in [1.807, 2.05) is 0 Å². The van der Waals surface area contributed by atoms with E-state index in [9.17, 15) is 18.0 Å². The van der Waals surface area contributed by atoms with E-state index >= 15 is 0 Å². The number of hydrogen-bond acceptors (Lipinski definition) is 2. The van der Waals surface area contributed by atoms with Crippen LogP contribution in [0, 0.1) is 17.5 Å². The minimum Gasteiger partial charge on any atom is -0.494 e. The van der Waals surface area contributed by atoms with Gasteiger partial charge in [-0.05, 0) is 46.3 Å². The van der Waals surface area contributed by atoms with E-state index < -0.39 is 23.2 Å². The molecule has 0 saturated carbocycles. The van der Waals surface area contributed by atoms with Crippen molar-refractivity contribution < 1.29 is 22.7 Å². The molecule has 20 heavy (non-hydrogen) atoms. The Kier molecular flexibility index (Phi) is 4.13. The van der Waals surface area contributed by atoms with Crippen molar-refractivity contribution in [1.29, 1.82) is 0 Å². The van der Waals surface area contributed by atoms with Crippen LogP contribution in [0.3, 0.4) is 0 Å². The highest BCUT2D eigenvalue weighted by Gasteiger charge is 2.19. The number of carbonyl (C=O) groups excluding carboxylic acids is 1. The van der Waals surface area contributed by atoms with Gasteiger partial charge in [0.05, 0.1) is 11.6 Å². The molecule has 0 fully saturated rings. The number of rotatable bonds is 3. The van der Waals surface area contributed by atoms with Crippen molar-refractivity contribution >= 4 is 21.7 Å². The number of ketones is 1. The molecule has 0 saturated heterocycles. The highest BCUT2D eigenvalue weighted by atomic mass is 79.9. The molecule has 0 aliphatic rings. The molecule has 2 rings (SSSR count). The van der Waals surface area contributed by atoms with Crippen molar-refractivity contribution in [2.75, 3.05) is 7.11 Å². The van der Waals surface area contributed by atoms with Crippen molar-refractivity contribution in [3.63, 3.8) is 0 Å². The van der Waals surface area contributed by atoms with Crippen molar-refractivity contribution in [3.05, 3.63) is 63.4 Å². The number of ether oxygens (including phenoxy) is 1.